The molecule has 8 heteroatoms. The number of carbonyl (C=O) groups is 2. The van der Waals surface area contributed by atoms with Crippen molar-refractivity contribution >= 4 is 34.9 Å². The summed E-state index contributed by atoms with van der Waals surface area (Å²) in [4.78, 5) is 28.0. The quantitative estimate of drug-likeness (QED) is 0.894. The SMILES string of the molecule is O=C(CN1CCN(c2cccc(Cl)c2)C1=O)Nc1ccc2c(c1)OCO2. The van der Waals surface area contributed by atoms with Gasteiger partial charge in [0.05, 0.1) is 0 Å². The number of urea groups is 1. The number of nitrogens with one attached hydrogen (secondary N) is 1. The summed E-state index contributed by atoms with van der Waals surface area (Å²) < 4.78 is 10.5. The summed E-state index contributed by atoms with van der Waals surface area (Å²) in [5, 5.41) is 3.34. The molecule has 26 heavy (non-hydrogen) atoms. The topological polar surface area (TPSA) is 71.1 Å². The lowest BCUT2D eigenvalue weighted by molar-refractivity contribution is -0.116. The molecule has 2 aromatic carbocycles. The fourth-order valence-electron chi connectivity index (χ4n) is 2.96. The van der Waals surface area contributed by atoms with E-state index < -0.39 is 0 Å². The fourth-order valence-corrected chi connectivity index (χ4v) is 3.15. The summed E-state index contributed by atoms with van der Waals surface area (Å²) in [5.41, 5.74) is 1.32. The van der Waals surface area contributed by atoms with Crippen LogP contribution in [0.1, 0.15) is 0 Å². The van der Waals surface area contributed by atoms with Crippen LogP contribution in [0, 0.1) is 0 Å². The van der Waals surface area contributed by atoms with Crippen LogP contribution in [0.5, 0.6) is 11.5 Å². The van der Waals surface area contributed by atoms with Gasteiger partial charge in [-0.25, -0.2) is 4.79 Å². The van der Waals surface area contributed by atoms with Crippen molar-refractivity contribution in [2.24, 2.45) is 0 Å². The molecular weight excluding hydrogens is 358 g/mol. The number of fused-ring (bicyclic) bond motifs is 1. The van der Waals surface area contributed by atoms with Gasteiger partial charge in [0.15, 0.2) is 11.5 Å². The minimum absolute atomic E-state index is 0.0235. The van der Waals surface area contributed by atoms with Crippen molar-refractivity contribution in [1.29, 1.82) is 0 Å². The largest absolute Gasteiger partial charge is 0.454 e. The van der Waals surface area contributed by atoms with Gasteiger partial charge in [-0.05, 0) is 30.3 Å². The van der Waals surface area contributed by atoms with E-state index in [4.69, 9.17) is 21.1 Å². The molecule has 3 amide bonds. The van der Waals surface area contributed by atoms with Crippen LogP contribution in [-0.4, -0.2) is 43.3 Å². The first-order valence-electron chi connectivity index (χ1n) is 8.12. The van der Waals surface area contributed by atoms with Crippen molar-refractivity contribution in [3.8, 4) is 11.5 Å². The highest BCUT2D eigenvalue weighted by Gasteiger charge is 2.31. The molecule has 0 unspecified atom stereocenters. The molecule has 1 saturated heterocycles. The Morgan fingerprint density at radius 2 is 1.96 bits per heavy atom. The monoisotopic (exact) mass is 373 g/mol. The standard InChI is InChI=1S/C18H16ClN3O4/c19-12-2-1-3-14(8-12)22-7-6-21(18(22)24)10-17(23)20-13-4-5-15-16(9-13)26-11-25-15/h1-5,8-9H,6-7,10-11H2,(H,20,23). The van der Waals surface area contributed by atoms with Gasteiger partial charge < -0.3 is 19.7 Å². The number of carbonyl (C=O) groups excluding carboxylic acids is 2. The van der Waals surface area contributed by atoms with E-state index >= 15 is 0 Å². The highest BCUT2D eigenvalue weighted by atomic mass is 35.5. The molecule has 0 atom stereocenters. The van der Waals surface area contributed by atoms with Crippen LogP contribution in [0.25, 0.3) is 0 Å². The summed E-state index contributed by atoms with van der Waals surface area (Å²) in [6.45, 7) is 1.13. The number of halogens is 1. The van der Waals surface area contributed by atoms with E-state index in [1.165, 1.54) is 4.90 Å². The molecule has 2 aliphatic heterocycles. The predicted octanol–water partition coefficient (Wildman–Crippen LogP) is 2.95. The van der Waals surface area contributed by atoms with Gasteiger partial charge in [-0.1, -0.05) is 17.7 Å². The Labute approximate surface area is 155 Å². The molecule has 0 saturated carbocycles. The Kier molecular flexibility index (Phi) is 4.30. The van der Waals surface area contributed by atoms with Crippen LogP contribution >= 0.6 is 11.6 Å². The Balaban J connectivity index is 1.38. The second-order valence-corrected chi connectivity index (χ2v) is 6.39. The van der Waals surface area contributed by atoms with E-state index in [1.807, 2.05) is 6.07 Å². The first-order chi connectivity index (χ1) is 12.6. The van der Waals surface area contributed by atoms with E-state index in [0.29, 0.717) is 35.3 Å². The number of amides is 3. The Morgan fingerprint density at radius 3 is 2.81 bits per heavy atom. The lowest BCUT2D eigenvalue weighted by Crippen LogP contribution is -2.37. The van der Waals surface area contributed by atoms with E-state index in [0.717, 1.165) is 5.69 Å². The minimum Gasteiger partial charge on any atom is -0.454 e. The van der Waals surface area contributed by atoms with Gasteiger partial charge in [0.25, 0.3) is 0 Å². The van der Waals surface area contributed by atoms with Crippen molar-refractivity contribution in [3.63, 3.8) is 0 Å². The minimum atomic E-state index is -0.273. The number of rotatable bonds is 4. The zero-order valence-electron chi connectivity index (χ0n) is 13.8. The first-order valence-corrected chi connectivity index (χ1v) is 8.49. The van der Waals surface area contributed by atoms with Crippen LogP contribution in [0.15, 0.2) is 42.5 Å². The molecule has 134 valence electrons. The van der Waals surface area contributed by atoms with Crippen molar-refractivity contribution in [2.75, 3.05) is 36.6 Å². The predicted molar refractivity (Wildman–Crippen MR) is 97.0 cm³/mol. The summed E-state index contributed by atoms with van der Waals surface area (Å²) in [7, 11) is 0. The second-order valence-electron chi connectivity index (χ2n) is 5.95. The summed E-state index contributed by atoms with van der Waals surface area (Å²) in [6.07, 6.45) is 0. The zero-order valence-corrected chi connectivity index (χ0v) is 14.5. The van der Waals surface area contributed by atoms with Gasteiger partial charge in [0.1, 0.15) is 6.54 Å². The molecule has 2 aromatic rings. The van der Waals surface area contributed by atoms with Gasteiger partial charge >= 0.3 is 6.03 Å². The number of anilines is 2. The number of hydrogen-bond acceptors (Lipinski definition) is 4. The Hall–Kier alpha value is -2.93. The van der Waals surface area contributed by atoms with Crippen molar-refractivity contribution in [3.05, 3.63) is 47.5 Å². The van der Waals surface area contributed by atoms with E-state index in [2.05, 4.69) is 5.32 Å². The van der Waals surface area contributed by atoms with Crippen molar-refractivity contribution < 1.29 is 19.1 Å². The first kappa shape index (κ1) is 16.5. The molecule has 7 nitrogen and oxygen atoms in total. The number of nitrogens with zero attached hydrogens (tertiary/aromatic N) is 2. The van der Waals surface area contributed by atoms with Gasteiger partial charge in [-0.15, -0.1) is 0 Å². The molecule has 2 heterocycles. The molecule has 1 N–H and O–H groups in total. The number of hydrogen-bond donors (Lipinski definition) is 1. The van der Waals surface area contributed by atoms with Crippen molar-refractivity contribution in [2.45, 2.75) is 0 Å². The second kappa shape index (κ2) is 6.76. The molecular formula is C18H16ClN3O4. The molecule has 0 aliphatic carbocycles. The van der Waals surface area contributed by atoms with E-state index in [9.17, 15) is 9.59 Å². The summed E-state index contributed by atoms with van der Waals surface area (Å²) in [5.74, 6) is 0.965. The average molecular weight is 374 g/mol. The average Bonchev–Trinajstić information content (AvgIpc) is 3.22. The molecule has 0 bridgehead atoms. The smallest absolute Gasteiger partial charge is 0.325 e. The molecule has 0 aromatic heterocycles. The molecule has 2 aliphatic rings. The maximum Gasteiger partial charge on any atom is 0.325 e. The van der Waals surface area contributed by atoms with E-state index in [-0.39, 0.29) is 25.3 Å². The molecule has 1 fully saturated rings. The van der Waals surface area contributed by atoms with Crippen LogP contribution in [-0.2, 0) is 4.79 Å². The summed E-state index contributed by atoms with van der Waals surface area (Å²) >= 11 is 5.99. The zero-order chi connectivity index (χ0) is 18.1. The third-order valence-corrected chi connectivity index (χ3v) is 4.44. The Bertz CT molecular complexity index is 873. The van der Waals surface area contributed by atoms with Gasteiger partial charge in [0.2, 0.25) is 12.7 Å². The highest BCUT2D eigenvalue weighted by Crippen LogP contribution is 2.34. The summed E-state index contributed by atoms with van der Waals surface area (Å²) in [6, 6.07) is 12.0. The van der Waals surface area contributed by atoms with Crippen LogP contribution in [0.3, 0.4) is 0 Å². The van der Waals surface area contributed by atoms with Crippen LogP contribution in [0.4, 0.5) is 16.2 Å². The van der Waals surface area contributed by atoms with E-state index in [1.54, 1.807) is 41.3 Å². The third kappa shape index (κ3) is 3.25. The maximum absolute atomic E-state index is 12.6. The number of benzene rings is 2. The van der Waals surface area contributed by atoms with Crippen molar-refractivity contribution in [1.82, 2.24) is 4.90 Å². The maximum atomic E-state index is 12.6. The molecule has 4 rings (SSSR count). The molecule has 0 radical (unpaired) electrons. The lowest BCUT2D eigenvalue weighted by Gasteiger charge is -2.18. The van der Waals surface area contributed by atoms with Crippen LogP contribution < -0.4 is 19.7 Å². The van der Waals surface area contributed by atoms with Gasteiger partial charge in [-0.3, -0.25) is 9.69 Å². The highest BCUT2D eigenvalue weighted by molar-refractivity contribution is 6.30. The molecule has 0 spiro atoms. The van der Waals surface area contributed by atoms with Gasteiger partial charge in [-0.2, -0.15) is 0 Å². The third-order valence-electron chi connectivity index (χ3n) is 4.21. The van der Waals surface area contributed by atoms with Crippen LogP contribution in [0.2, 0.25) is 5.02 Å². The Morgan fingerprint density at radius 1 is 1.12 bits per heavy atom. The fraction of sp³-hybridized carbons (Fsp3) is 0.222. The number of ether oxygens (including phenoxy) is 2. The lowest BCUT2D eigenvalue weighted by atomic mass is 10.2. The normalized spacial score (nSPS) is 15.5. The van der Waals surface area contributed by atoms with Gasteiger partial charge in [0, 0.05) is 35.6 Å².